The van der Waals surface area contributed by atoms with Crippen LogP contribution >= 0.6 is 11.6 Å². The maximum absolute atomic E-state index is 12.1. The predicted octanol–water partition coefficient (Wildman–Crippen LogP) is 2.38. The van der Waals surface area contributed by atoms with E-state index in [0.29, 0.717) is 30.5 Å². The molecule has 1 amide bonds. The summed E-state index contributed by atoms with van der Waals surface area (Å²) in [5.41, 5.74) is 3.04. The number of rotatable bonds is 1. The van der Waals surface area contributed by atoms with Crippen molar-refractivity contribution in [3.05, 3.63) is 22.2 Å². The minimum absolute atomic E-state index is 0.343. The number of halogens is 1. The molecule has 1 aromatic carbocycles. The van der Waals surface area contributed by atoms with E-state index in [4.69, 9.17) is 21.1 Å². The first-order valence-electron chi connectivity index (χ1n) is 7.34. The number of carbonyl (C=O) groups is 1. The fourth-order valence-electron chi connectivity index (χ4n) is 2.85. The van der Waals surface area contributed by atoms with Crippen LogP contribution in [-0.4, -0.2) is 38.9 Å². The van der Waals surface area contributed by atoms with Gasteiger partial charge < -0.3 is 14.8 Å². The van der Waals surface area contributed by atoms with E-state index in [1.165, 1.54) is 5.56 Å². The van der Waals surface area contributed by atoms with E-state index in [0.717, 1.165) is 37.2 Å². The zero-order chi connectivity index (χ0) is 14.8. The predicted molar refractivity (Wildman–Crippen MR) is 81.6 cm³/mol. The van der Waals surface area contributed by atoms with E-state index < -0.39 is 0 Å². The SMILES string of the molecule is CCOC(=O)N1CCOc2c1cc1c(c2Cl)CCNCC1. The van der Waals surface area contributed by atoms with E-state index in [1.807, 2.05) is 6.07 Å². The maximum Gasteiger partial charge on any atom is 0.414 e. The first-order valence-corrected chi connectivity index (χ1v) is 7.72. The Bertz CT molecular complexity index is 562. The molecule has 1 aromatic rings. The van der Waals surface area contributed by atoms with Crippen molar-refractivity contribution < 1.29 is 14.3 Å². The van der Waals surface area contributed by atoms with Crippen molar-refractivity contribution in [3.63, 3.8) is 0 Å². The van der Waals surface area contributed by atoms with Gasteiger partial charge in [-0.15, -0.1) is 0 Å². The smallest absolute Gasteiger partial charge is 0.414 e. The van der Waals surface area contributed by atoms with E-state index in [1.54, 1.807) is 11.8 Å². The van der Waals surface area contributed by atoms with Crippen LogP contribution in [0.1, 0.15) is 18.1 Å². The summed E-state index contributed by atoms with van der Waals surface area (Å²) in [5, 5.41) is 4.00. The average molecular weight is 311 g/mol. The Balaban J connectivity index is 2.04. The zero-order valence-electron chi connectivity index (χ0n) is 12.1. The summed E-state index contributed by atoms with van der Waals surface area (Å²) in [6.07, 6.45) is 1.44. The molecule has 0 bridgehead atoms. The Hall–Kier alpha value is -1.46. The van der Waals surface area contributed by atoms with E-state index >= 15 is 0 Å². The lowest BCUT2D eigenvalue weighted by Crippen LogP contribution is -2.38. The molecule has 2 aliphatic rings. The van der Waals surface area contributed by atoms with E-state index in [2.05, 4.69) is 5.32 Å². The number of hydrogen-bond acceptors (Lipinski definition) is 4. The number of carbonyl (C=O) groups excluding carboxylic acids is 1. The average Bonchev–Trinajstić information content (AvgIpc) is 2.73. The Kier molecular flexibility index (Phi) is 4.22. The second-order valence-corrected chi connectivity index (χ2v) is 5.50. The molecule has 0 radical (unpaired) electrons. The zero-order valence-corrected chi connectivity index (χ0v) is 12.8. The minimum atomic E-state index is -0.343. The van der Waals surface area contributed by atoms with Gasteiger partial charge >= 0.3 is 6.09 Å². The van der Waals surface area contributed by atoms with Crippen molar-refractivity contribution in [2.24, 2.45) is 0 Å². The molecule has 21 heavy (non-hydrogen) atoms. The summed E-state index contributed by atoms with van der Waals surface area (Å²) < 4.78 is 10.8. The molecular weight excluding hydrogens is 292 g/mol. The molecule has 0 unspecified atom stereocenters. The Morgan fingerprint density at radius 1 is 1.48 bits per heavy atom. The largest absolute Gasteiger partial charge is 0.488 e. The summed E-state index contributed by atoms with van der Waals surface area (Å²) in [5.74, 6) is 0.608. The summed E-state index contributed by atoms with van der Waals surface area (Å²) >= 11 is 6.53. The second-order valence-electron chi connectivity index (χ2n) is 5.13. The van der Waals surface area contributed by atoms with Crippen LogP contribution in [0, 0.1) is 0 Å². The number of amides is 1. The van der Waals surface area contributed by atoms with Gasteiger partial charge in [-0.05, 0) is 50.0 Å². The van der Waals surface area contributed by atoms with Crippen LogP contribution in [0.5, 0.6) is 5.75 Å². The lowest BCUT2D eigenvalue weighted by atomic mass is 10.0. The normalized spacial score (nSPS) is 17.3. The molecule has 0 atom stereocenters. The van der Waals surface area contributed by atoms with Crippen molar-refractivity contribution in [1.82, 2.24) is 5.32 Å². The third-order valence-corrected chi connectivity index (χ3v) is 4.26. The van der Waals surface area contributed by atoms with Gasteiger partial charge in [0, 0.05) is 0 Å². The Morgan fingerprint density at radius 2 is 2.29 bits per heavy atom. The number of hydrogen-bond donors (Lipinski definition) is 1. The van der Waals surface area contributed by atoms with Gasteiger partial charge in [-0.1, -0.05) is 11.6 Å². The highest BCUT2D eigenvalue weighted by atomic mass is 35.5. The number of nitrogens with zero attached hydrogens (tertiary/aromatic N) is 1. The molecule has 0 aromatic heterocycles. The highest BCUT2D eigenvalue weighted by molar-refractivity contribution is 6.33. The lowest BCUT2D eigenvalue weighted by molar-refractivity contribution is 0.156. The fraction of sp³-hybridized carbons (Fsp3) is 0.533. The third kappa shape index (κ3) is 2.68. The quantitative estimate of drug-likeness (QED) is 0.865. The molecule has 2 heterocycles. The van der Waals surface area contributed by atoms with Gasteiger partial charge in [0.05, 0.1) is 23.9 Å². The van der Waals surface area contributed by atoms with Crippen LogP contribution in [-0.2, 0) is 17.6 Å². The summed E-state index contributed by atoms with van der Waals surface area (Å²) in [6.45, 7) is 4.90. The molecule has 0 aliphatic carbocycles. The van der Waals surface area contributed by atoms with Crippen molar-refractivity contribution >= 4 is 23.4 Å². The van der Waals surface area contributed by atoms with Crippen LogP contribution in [0.2, 0.25) is 5.02 Å². The molecule has 1 N–H and O–H groups in total. The van der Waals surface area contributed by atoms with Gasteiger partial charge in [0.25, 0.3) is 0 Å². The molecule has 6 heteroatoms. The first-order chi connectivity index (χ1) is 10.2. The molecule has 2 aliphatic heterocycles. The molecule has 0 spiro atoms. The monoisotopic (exact) mass is 310 g/mol. The fourth-order valence-corrected chi connectivity index (χ4v) is 3.22. The van der Waals surface area contributed by atoms with Crippen molar-refractivity contribution in [1.29, 1.82) is 0 Å². The van der Waals surface area contributed by atoms with Crippen LogP contribution in [0.25, 0.3) is 0 Å². The van der Waals surface area contributed by atoms with Gasteiger partial charge in [0.1, 0.15) is 6.61 Å². The molecule has 0 saturated heterocycles. The highest BCUT2D eigenvalue weighted by Crippen LogP contribution is 2.43. The van der Waals surface area contributed by atoms with E-state index in [-0.39, 0.29) is 6.09 Å². The molecule has 0 fully saturated rings. The Morgan fingerprint density at radius 3 is 3.10 bits per heavy atom. The number of anilines is 1. The number of fused-ring (bicyclic) bond motifs is 2. The van der Waals surface area contributed by atoms with Gasteiger partial charge in [-0.3, -0.25) is 4.90 Å². The second kappa shape index (κ2) is 6.12. The molecular formula is C15H19ClN2O3. The topological polar surface area (TPSA) is 50.8 Å². The maximum atomic E-state index is 12.1. The molecule has 5 nitrogen and oxygen atoms in total. The number of benzene rings is 1. The number of nitrogens with one attached hydrogen (secondary N) is 1. The summed E-state index contributed by atoms with van der Waals surface area (Å²) in [7, 11) is 0. The standard InChI is InChI=1S/C15H19ClN2O3/c1-2-20-15(19)18-7-8-21-14-12(18)9-10-3-5-17-6-4-11(10)13(14)16/h9,17H,2-8H2,1H3. The number of ether oxygens (including phenoxy) is 2. The van der Waals surface area contributed by atoms with Crippen LogP contribution in [0.3, 0.4) is 0 Å². The van der Waals surface area contributed by atoms with Crippen molar-refractivity contribution in [2.45, 2.75) is 19.8 Å². The van der Waals surface area contributed by atoms with Crippen LogP contribution < -0.4 is 15.0 Å². The molecule has 3 rings (SSSR count). The minimum Gasteiger partial charge on any atom is -0.488 e. The highest BCUT2D eigenvalue weighted by Gasteiger charge is 2.29. The van der Waals surface area contributed by atoms with Gasteiger partial charge in [-0.2, -0.15) is 0 Å². The summed E-state index contributed by atoms with van der Waals surface area (Å²) in [6, 6.07) is 2.03. The van der Waals surface area contributed by atoms with Crippen LogP contribution in [0.15, 0.2) is 6.07 Å². The third-order valence-electron chi connectivity index (χ3n) is 3.86. The lowest BCUT2D eigenvalue weighted by Gasteiger charge is -2.30. The van der Waals surface area contributed by atoms with Gasteiger partial charge in [0.2, 0.25) is 0 Å². The van der Waals surface area contributed by atoms with E-state index in [9.17, 15) is 4.79 Å². The van der Waals surface area contributed by atoms with Crippen molar-refractivity contribution in [2.75, 3.05) is 37.7 Å². The van der Waals surface area contributed by atoms with Crippen LogP contribution in [0.4, 0.5) is 10.5 Å². The van der Waals surface area contributed by atoms with Crippen molar-refractivity contribution in [3.8, 4) is 5.75 Å². The first kappa shape index (κ1) is 14.5. The van der Waals surface area contributed by atoms with Gasteiger partial charge in [-0.25, -0.2) is 4.79 Å². The molecule has 0 saturated carbocycles. The molecule has 114 valence electrons. The summed E-state index contributed by atoms with van der Waals surface area (Å²) in [4.78, 5) is 13.7. The Labute approximate surface area is 129 Å². The van der Waals surface area contributed by atoms with Gasteiger partial charge in [0.15, 0.2) is 5.75 Å².